The molecule has 2 heterocycles. The second-order valence-corrected chi connectivity index (χ2v) is 3.03. The molecular formula is C8H11N4. The Kier molecular flexibility index (Phi) is 1.91. The summed E-state index contributed by atoms with van der Waals surface area (Å²) >= 11 is 0. The van der Waals surface area contributed by atoms with Gasteiger partial charge in [0.1, 0.15) is 11.9 Å². The molecule has 0 aliphatic carbocycles. The summed E-state index contributed by atoms with van der Waals surface area (Å²) in [4.78, 5) is 2.27. The summed E-state index contributed by atoms with van der Waals surface area (Å²) in [5.74, 6) is 0. The molecule has 4 heteroatoms. The first-order valence-corrected chi connectivity index (χ1v) is 4.03. The molecule has 0 amide bonds. The SMILES string of the molecule is CN1CC=C(c2[c][nH]nn2)CC1. The van der Waals surface area contributed by atoms with Gasteiger partial charge < -0.3 is 4.90 Å². The van der Waals surface area contributed by atoms with Crippen LogP contribution in [0.2, 0.25) is 0 Å². The maximum atomic E-state index is 3.92. The summed E-state index contributed by atoms with van der Waals surface area (Å²) in [6.07, 6.45) is 6.11. The molecule has 0 fully saturated rings. The van der Waals surface area contributed by atoms with Crippen molar-refractivity contribution < 1.29 is 0 Å². The molecule has 1 aromatic rings. The molecule has 12 heavy (non-hydrogen) atoms. The Hall–Kier alpha value is -1.16. The third-order valence-corrected chi connectivity index (χ3v) is 2.09. The molecule has 4 nitrogen and oxygen atoms in total. The van der Waals surface area contributed by atoms with E-state index in [-0.39, 0.29) is 0 Å². The monoisotopic (exact) mass is 163 g/mol. The van der Waals surface area contributed by atoms with Gasteiger partial charge in [0.15, 0.2) is 0 Å². The van der Waals surface area contributed by atoms with E-state index in [9.17, 15) is 0 Å². The average Bonchev–Trinajstić information content (AvgIpc) is 2.58. The highest BCUT2D eigenvalue weighted by atomic mass is 15.3. The number of nitrogens with one attached hydrogen (secondary N) is 1. The normalized spacial score (nSPS) is 19.2. The fourth-order valence-corrected chi connectivity index (χ4v) is 1.31. The lowest BCUT2D eigenvalue weighted by Crippen LogP contribution is -2.23. The van der Waals surface area contributed by atoms with Crippen LogP contribution in [-0.2, 0) is 0 Å². The molecule has 1 aromatic heterocycles. The van der Waals surface area contributed by atoms with E-state index in [0.29, 0.717) is 0 Å². The summed E-state index contributed by atoms with van der Waals surface area (Å²) in [6.45, 7) is 2.09. The number of hydrogen-bond donors (Lipinski definition) is 1. The molecule has 63 valence electrons. The number of hydrogen-bond acceptors (Lipinski definition) is 3. The van der Waals surface area contributed by atoms with Crippen LogP contribution in [0.1, 0.15) is 12.1 Å². The van der Waals surface area contributed by atoms with Gasteiger partial charge in [-0.3, -0.25) is 5.10 Å². The van der Waals surface area contributed by atoms with Crippen molar-refractivity contribution in [3.63, 3.8) is 0 Å². The number of H-pyrrole nitrogens is 1. The van der Waals surface area contributed by atoms with Gasteiger partial charge in [-0.05, 0) is 19.0 Å². The molecule has 0 atom stereocenters. The Labute approximate surface area is 71.3 Å². The van der Waals surface area contributed by atoms with E-state index >= 15 is 0 Å². The van der Waals surface area contributed by atoms with E-state index in [0.717, 1.165) is 25.2 Å². The molecule has 0 saturated carbocycles. The van der Waals surface area contributed by atoms with Crippen LogP contribution in [0.5, 0.6) is 0 Å². The first-order chi connectivity index (χ1) is 5.86. The lowest BCUT2D eigenvalue weighted by Gasteiger charge is -2.20. The lowest BCUT2D eigenvalue weighted by molar-refractivity contribution is 0.369. The third-order valence-electron chi connectivity index (χ3n) is 2.09. The molecule has 1 aliphatic heterocycles. The van der Waals surface area contributed by atoms with Crippen molar-refractivity contribution in [3.8, 4) is 0 Å². The van der Waals surface area contributed by atoms with E-state index in [1.54, 1.807) is 0 Å². The molecule has 1 aliphatic rings. The Bertz CT molecular complexity index is 275. The van der Waals surface area contributed by atoms with Crippen LogP contribution in [0, 0.1) is 6.20 Å². The summed E-state index contributed by atoms with van der Waals surface area (Å²) in [7, 11) is 2.11. The second-order valence-electron chi connectivity index (χ2n) is 3.03. The lowest BCUT2D eigenvalue weighted by atomic mass is 10.1. The van der Waals surface area contributed by atoms with Gasteiger partial charge in [-0.15, -0.1) is 5.10 Å². The highest BCUT2D eigenvalue weighted by Crippen LogP contribution is 2.17. The van der Waals surface area contributed by atoms with Gasteiger partial charge in [0.05, 0.1) is 0 Å². The zero-order valence-electron chi connectivity index (χ0n) is 7.04. The molecule has 0 unspecified atom stereocenters. The number of nitrogens with zero attached hydrogens (tertiary/aromatic N) is 3. The molecule has 1 radical (unpaired) electrons. The smallest absolute Gasteiger partial charge is 0.118 e. The summed E-state index contributed by atoms with van der Waals surface area (Å²) in [5.41, 5.74) is 2.12. The summed E-state index contributed by atoms with van der Waals surface area (Å²) in [5, 5.41) is 10.1. The summed E-state index contributed by atoms with van der Waals surface area (Å²) in [6, 6.07) is 0. The average molecular weight is 163 g/mol. The molecule has 0 aromatic carbocycles. The minimum absolute atomic E-state index is 0.864. The fraction of sp³-hybridized carbons (Fsp3) is 0.500. The molecule has 0 bridgehead atoms. The predicted molar refractivity (Wildman–Crippen MR) is 45.3 cm³/mol. The van der Waals surface area contributed by atoms with Crippen LogP contribution in [0.4, 0.5) is 0 Å². The van der Waals surface area contributed by atoms with Gasteiger partial charge in [0.25, 0.3) is 0 Å². The van der Waals surface area contributed by atoms with Crippen molar-refractivity contribution in [2.45, 2.75) is 6.42 Å². The predicted octanol–water partition coefficient (Wildman–Crippen LogP) is 0.324. The summed E-state index contributed by atoms with van der Waals surface area (Å²) < 4.78 is 0. The van der Waals surface area contributed by atoms with Crippen molar-refractivity contribution in [1.29, 1.82) is 0 Å². The number of likely N-dealkylation sites (N-methyl/N-ethyl adjacent to an activating group) is 1. The zero-order valence-corrected chi connectivity index (χ0v) is 7.04. The minimum atomic E-state index is 0.864. The molecule has 0 spiro atoms. The highest BCUT2D eigenvalue weighted by molar-refractivity contribution is 5.62. The maximum absolute atomic E-state index is 3.92. The first-order valence-electron chi connectivity index (χ1n) is 4.03. The van der Waals surface area contributed by atoms with Gasteiger partial charge in [-0.25, -0.2) is 0 Å². The Morgan fingerprint density at radius 3 is 3.17 bits per heavy atom. The largest absolute Gasteiger partial charge is 0.302 e. The van der Waals surface area contributed by atoms with Crippen molar-refractivity contribution in [2.75, 3.05) is 20.1 Å². The standard InChI is InChI=1S/C8H11N4/c1-12-4-2-7(3-5-12)8-6-9-11-10-8/h2H,3-5H2,1H3,(H,9,10,11). The molecule has 2 rings (SSSR count). The Morgan fingerprint density at radius 1 is 1.67 bits per heavy atom. The van der Waals surface area contributed by atoms with Crippen LogP contribution in [0.15, 0.2) is 6.08 Å². The van der Waals surface area contributed by atoms with Gasteiger partial charge in [-0.2, -0.15) is 0 Å². The topological polar surface area (TPSA) is 44.8 Å². The van der Waals surface area contributed by atoms with Crippen LogP contribution < -0.4 is 0 Å². The quantitative estimate of drug-likeness (QED) is 0.648. The van der Waals surface area contributed by atoms with E-state index in [4.69, 9.17) is 0 Å². The highest BCUT2D eigenvalue weighted by Gasteiger charge is 2.11. The maximum Gasteiger partial charge on any atom is 0.118 e. The van der Waals surface area contributed by atoms with Gasteiger partial charge >= 0.3 is 0 Å². The fourth-order valence-electron chi connectivity index (χ4n) is 1.31. The minimum Gasteiger partial charge on any atom is -0.302 e. The van der Waals surface area contributed by atoms with Gasteiger partial charge in [0, 0.05) is 13.1 Å². The number of aromatic nitrogens is 3. The molecule has 0 saturated heterocycles. The molecule has 1 N–H and O–H groups in total. The zero-order chi connectivity index (χ0) is 8.39. The van der Waals surface area contributed by atoms with Crippen molar-refractivity contribution in [2.24, 2.45) is 0 Å². The van der Waals surface area contributed by atoms with E-state index in [1.165, 1.54) is 5.57 Å². The van der Waals surface area contributed by atoms with Gasteiger partial charge in [0.2, 0.25) is 0 Å². The second kappa shape index (κ2) is 3.06. The van der Waals surface area contributed by atoms with E-state index in [1.807, 2.05) is 0 Å². The van der Waals surface area contributed by atoms with Crippen molar-refractivity contribution in [1.82, 2.24) is 20.3 Å². The molecular weight excluding hydrogens is 152 g/mol. The number of aromatic amines is 1. The van der Waals surface area contributed by atoms with Crippen LogP contribution >= 0.6 is 0 Å². The van der Waals surface area contributed by atoms with E-state index < -0.39 is 0 Å². The van der Waals surface area contributed by atoms with E-state index in [2.05, 4.69) is 39.6 Å². The van der Waals surface area contributed by atoms with Crippen molar-refractivity contribution >= 4 is 5.57 Å². The van der Waals surface area contributed by atoms with Crippen LogP contribution in [0.25, 0.3) is 5.57 Å². The Morgan fingerprint density at radius 2 is 2.58 bits per heavy atom. The first kappa shape index (κ1) is 7.49. The van der Waals surface area contributed by atoms with Crippen molar-refractivity contribution in [3.05, 3.63) is 18.0 Å². The Balaban J connectivity index is 2.16. The van der Waals surface area contributed by atoms with Gasteiger partial charge in [-0.1, -0.05) is 11.3 Å². The number of rotatable bonds is 1. The van der Waals surface area contributed by atoms with Crippen LogP contribution in [-0.4, -0.2) is 40.4 Å². The van der Waals surface area contributed by atoms with Crippen LogP contribution in [0.3, 0.4) is 0 Å². The third kappa shape index (κ3) is 1.38.